The number of halogens is 1. The molecule has 0 radical (unpaired) electrons. The third-order valence-corrected chi connectivity index (χ3v) is 3.25. The van der Waals surface area contributed by atoms with E-state index in [1.807, 2.05) is 20.8 Å². The minimum Gasteiger partial charge on any atom is -0.492 e. The van der Waals surface area contributed by atoms with Crippen LogP contribution < -0.4 is 15.8 Å². The zero-order valence-electron chi connectivity index (χ0n) is 12.3. The summed E-state index contributed by atoms with van der Waals surface area (Å²) in [6.07, 6.45) is 1.21. The standard InChI is InChI=1S/C15H23ClN2O2/c1-4-7-20-14-6-5-11(8-12(14)16)18-15(19)9-13(17)10(2)3/h5-6,8,10,13H,4,7,9,17H2,1-3H3,(H,18,19). The fourth-order valence-corrected chi connectivity index (χ4v) is 1.80. The first-order valence-electron chi connectivity index (χ1n) is 6.91. The molecule has 1 amide bonds. The third kappa shape index (κ3) is 5.39. The van der Waals surface area contributed by atoms with E-state index >= 15 is 0 Å². The van der Waals surface area contributed by atoms with E-state index < -0.39 is 0 Å². The lowest BCUT2D eigenvalue weighted by atomic mass is 10.0. The van der Waals surface area contributed by atoms with Crippen LogP contribution in [0.15, 0.2) is 18.2 Å². The Balaban J connectivity index is 2.60. The van der Waals surface area contributed by atoms with Crippen molar-refractivity contribution < 1.29 is 9.53 Å². The summed E-state index contributed by atoms with van der Waals surface area (Å²) in [5, 5.41) is 3.28. The molecule has 1 aromatic rings. The van der Waals surface area contributed by atoms with Gasteiger partial charge < -0.3 is 15.8 Å². The summed E-state index contributed by atoms with van der Waals surface area (Å²) < 4.78 is 5.48. The van der Waals surface area contributed by atoms with E-state index in [2.05, 4.69) is 5.32 Å². The zero-order chi connectivity index (χ0) is 15.1. The highest BCUT2D eigenvalue weighted by Crippen LogP contribution is 2.27. The molecule has 0 heterocycles. The fraction of sp³-hybridized carbons (Fsp3) is 0.533. The number of hydrogen-bond donors (Lipinski definition) is 2. The van der Waals surface area contributed by atoms with E-state index in [0.717, 1.165) is 6.42 Å². The van der Waals surface area contributed by atoms with Crippen LogP contribution in [-0.4, -0.2) is 18.6 Å². The van der Waals surface area contributed by atoms with Gasteiger partial charge in [-0.2, -0.15) is 0 Å². The van der Waals surface area contributed by atoms with Crippen LogP contribution in [0.5, 0.6) is 5.75 Å². The van der Waals surface area contributed by atoms with E-state index in [4.69, 9.17) is 22.1 Å². The van der Waals surface area contributed by atoms with E-state index in [1.54, 1.807) is 18.2 Å². The highest BCUT2D eigenvalue weighted by atomic mass is 35.5. The average Bonchev–Trinajstić information content (AvgIpc) is 2.37. The zero-order valence-corrected chi connectivity index (χ0v) is 13.0. The van der Waals surface area contributed by atoms with Gasteiger partial charge in [-0.1, -0.05) is 32.4 Å². The van der Waals surface area contributed by atoms with E-state index in [0.29, 0.717) is 29.5 Å². The van der Waals surface area contributed by atoms with Gasteiger partial charge >= 0.3 is 0 Å². The number of nitrogens with one attached hydrogen (secondary N) is 1. The molecule has 0 saturated heterocycles. The van der Waals surface area contributed by atoms with Crippen molar-refractivity contribution >= 4 is 23.2 Å². The summed E-state index contributed by atoms with van der Waals surface area (Å²) in [6.45, 7) is 6.64. The lowest BCUT2D eigenvalue weighted by Gasteiger charge is -2.15. The van der Waals surface area contributed by atoms with Gasteiger partial charge in [-0.3, -0.25) is 4.79 Å². The minimum absolute atomic E-state index is 0.107. The Morgan fingerprint density at radius 3 is 2.70 bits per heavy atom. The van der Waals surface area contributed by atoms with E-state index in [-0.39, 0.29) is 17.9 Å². The molecular formula is C15H23ClN2O2. The number of carbonyl (C=O) groups excluding carboxylic acids is 1. The number of rotatable bonds is 7. The summed E-state index contributed by atoms with van der Waals surface area (Å²) in [6, 6.07) is 5.08. The predicted octanol–water partition coefficient (Wildman–Crippen LogP) is 3.44. The third-order valence-electron chi connectivity index (χ3n) is 2.95. The molecule has 1 rings (SSSR count). The van der Waals surface area contributed by atoms with Crippen LogP contribution in [0.3, 0.4) is 0 Å². The van der Waals surface area contributed by atoms with Crippen molar-refractivity contribution in [2.45, 2.75) is 39.7 Å². The number of ether oxygens (including phenoxy) is 1. The van der Waals surface area contributed by atoms with Crippen molar-refractivity contribution in [1.82, 2.24) is 0 Å². The lowest BCUT2D eigenvalue weighted by Crippen LogP contribution is -2.31. The van der Waals surface area contributed by atoms with Gasteiger partial charge in [-0.25, -0.2) is 0 Å². The quantitative estimate of drug-likeness (QED) is 0.810. The summed E-state index contributed by atoms with van der Waals surface area (Å²) >= 11 is 6.10. The first kappa shape index (κ1) is 16.8. The van der Waals surface area contributed by atoms with Crippen LogP contribution in [-0.2, 0) is 4.79 Å². The molecule has 20 heavy (non-hydrogen) atoms. The average molecular weight is 299 g/mol. The van der Waals surface area contributed by atoms with Crippen molar-refractivity contribution in [3.05, 3.63) is 23.2 Å². The summed E-state index contributed by atoms with van der Waals surface area (Å²) in [5.74, 6) is 0.795. The van der Waals surface area contributed by atoms with Gasteiger partial charge in [0.1, 0.15) is 5.75 Å². The van der Waals surface area contributed by atoms with Crippen LogP contribution in [0.25, 0.3) is 0 Å². The van der Waals surface area contributed by atoms with Gasteiger partial charge in [0, 0.05) is 18.2 Å². The molecule has 0 aliphatic heterocycles. The molecule has 0 bridgehead atoms. The first-order valence-corrected chi connectivity index (χ1v) is 7.29. The Morgan fingerprint density at radius 2 is 2.15 bits per heavy atom. The molecule has 0 fully saturated rings. The van der Waals surface area contributed by atoms with Crippen molar-refractivity contribution in [2.24, 2.45) is 11.7 Å². The van der Waals surface area contributed by atoms with Gasteiger partial charge in [0.05, 0.1) is 11.6 Å². The maximum Gasteiger partial charge on any atom is 0.225 e. The first-order chi connectivity index (χ1) is 9.43. The Morgan fingerprint density at radius 1 is 1.45 bits per heavy atom. The number of benzene rings is 1. The van der Waals surface area contributed by atoms with Crippen LogP contribution in [0, 0.1) is 5.92 Å². The van der Waals surface area contributed by atoms with Crippen LogP contribution in [0.2, 0.25) is 5.02 Å². The molecule has 4 nitrogen and oxygen atoms in total. The smallest absolute Gasteiger partial charge is 0.225 e. The molecule has 0 aromatic heterocycles. The molecule has 1 atom stereocenters. The summed E-state index contributed by atoms with van der Waals surface area (Å²) in [7, 11) is 0. The topological polar surface area (TPSA) is 64.3 Å². The molecule has 0 aliphatic rings. The normalized spacial score (nSPS) is 12.3. The fourth-order valence-electron chi connectivity index (χ4n) is 1.57. The van der Waals surface area contributed by atoms with Crippen molar-refractivity contribution in [3.8, 4) is 5.75 Å². The number of hydrogen-bond acceptors (Lipinski definition) is 3. The molecule has 0 saturated carbocycles. The SMILES string of the molecule is CCCOc1ccc(NC(=O)CC(N)C(C)C)cc1Cl. The Bertz CT molecular complexity index is 449. The largest absolute Gasteiger partial charge is 0.492 e. The van der Waals surface area contributed by atoms with E-state index in [9.17, 15) is 4.79 Å². The Labute approximate surface area is 125 Å². The van der Waals surface area contributed by atoms with Crippen LogP contribution in [0.1, 0.15) is 33.6 Å². The van der Waals surface area contributed by atoms with Crippen LogP contribution in [0.4, 0.5) is 5.69 Å². The molecule has 112 valence electrons. The molecule has 1 aromatic carbocycles. The van der Waals surface area contributed by atoms with Gasteiger partial charge in [0.15, 0.2) is 0 Å². The molecule has 1 unspecified atom stereocenters. The number of amides is 1. The summed E-state index contributed by atoms with van der Waals surface area (Å²) in [4.78, 5) is 11.8. The van der Waals surface area contributed by atoms with Gasteiger partial charge in [0.2, 0.25) is 5.91 Å². The molecular weight excluding hydrogens is 276 g/mol. The lowest BCUT2D eigenvalue weighted by molar-refractivity contribution is -0.116. The Hall–Kier alpha value is -1.26. The second-order valence-corrected chi connectivity index (χ2v) is 5.56. The minimum atomic E-state index is -0.141. The molecule has 5 heteroatoms. The highest BCUT2D eigenvalue weighted by Gasteiger charge is 2.13. The molecule has 0 spiro atoms. The van der Waals surface area contributed by atoms with Gasteiger partial charge in [0.25, 0.3) is 0 Å². The highest BCUT2D eigenvalue weighted by molar-refractivity contribution is 6.32. The summed E-state index contributed by atoms with van der Waals surface area (Å²) in [5.41, 5.74) is 6.53. The van der Waals surface area contributed by atoms with Crippen molar-refractivity contribution in [1.29, 1.82) is 0 Å². The number of nitrogens with two attached hydrogens (primary N) is 1. The maximum absolute atomic E-state index is 11.8. The number of anilines is 1. The van der Waals surface area contributed by atoms with Gasteiger partial charge in [-0.05, 0) is 30.5 Å². The van der Waals surface area contributed by atoms with E-state index in [1.165, 1.54) is 0 Å². The monoisotopic (exact) mass is 298 g/mol. The second-order valence-electron chi connectivity index (χ2n) is 5.15. The predicted molar refractivity (Wildman–Crippen MR) is 83.3 cm³/mol. The number of carbonyl (C=O) groups is 1. The maximum atomic E-state index is 11.8. The van der Waals surface area contributed by atoms with Crippen molar-refractivity contribution in [2.75, 3.05) is 11.9 Å². The van der Waals surface area contributed by atoms with Crippen molar-refractivity contribution in [3.63, 3.8) is 0 Å². The molecule has 0 aliphatic carbocycles. The Kier molecular flexibility index (Phi) is 6.82. The molecule has 3 N–H and O–H groups in total. The van der Waals surface area contributed by atoms with Crippen LogP contribution >= 0.6 is 11.6 Å². The van der Waals surface area contributed by atoms with Gasteiger partial charge in [-0.15, -0.1) is 0 Å². The second kappa shape index (κ2) is 8.12.